The zero-order chi connectivity index (χ0) is 20.6. The molecule has 0 aliphatic carbocycles. The molecule has 1 aromatic heterocycles. The number of carbonyl (C=O) groups is 1. The number of nitrogens with zero attached hydrogens (tertiary/aromatic N) is 1. The van der Waals surface area contributed by atoms with E-state index in [0.717, 1.165) is 0 Å². The summed E-state index contributed by atoms with van der Waals surface area (Å²) >= 11 is 11.3. The fourth-order valence-corrected chi connectivity index (χ4v) is 2.93. The second kappa shape index (κ2) is 7.63. The van der Waals surface area contributed by atoms with Gasteiger partial charge < -0.3 is 10.2 Å². The zero-order valence-electron chi connectivity index (χ0n) is 13.7. The molecule has 0 aliphatic rings. The Balaban J connectivity index is 2.26. The van der Waals surface area contributed by atoms with Crippen molar-refractivity contribution in [2.45, 2.75) is 6.42 Å². The van der Waals surface area contributed by atoms with Gasteiger partial charge in [0.1, 0.15) is 0 Å². The molecule has 1 heterocycles. The molecular weight excluding hydrogens is 419 g/mol. The molecule has 0 spiro atoms. The molecule has 0 aliphatic heterocycles. The number of amides is 1. The number of benzene rings is 2. The highest BCUT2D eigenvalue weighted by atomic mass is 35.5. The largest absolute Gasteiger partial charge is 0.504 e. The van der Waals surface area contributed by atoms with Crippen molar-refractivity contribution in [3.05, 3.63) is 51.5 Å². The van der Waals surface area contributed by atoms with Crippen molar-refractivity contribution in [2.75, 3.05) is 0 Å². The van der Waals surface area contributed by atoms with Gasteiger partial charge in [0.25, 0.3) is 0 Å². The lowest BCUT2D eigenvalue weighted by Crippen LogP contribution is -2.21. The van der Waals surface area contributed by atoms with E-state index in [2.05, 4.69) is 10.2 Å². The summed E-state index contributed by atoms with van der Waals surface area (Å²) in [6, 6.07) is 4.88. The van der Waals surface area contributed by atoms with E-state index in [1.807, 2.05) is 0 Å². The third-order valence-electron chi connectivity index (χ3n) is 3.99. The summed E-state index contributed by atoms with van der Waals surface area (Å²) in [5, 5.41) is 34.2. The van der Waals surface area contributed by atoms with Crippen LogP contribution in [0.3, 0.4) is 0 Å². The number of H-pyrrole nitrogens is 1. The van der Waals surface area contributed by atoms with Gasteiger partial charge in [-0.15, -0.1) is 0 Å². The zero-order valence-corrected chi connectivity index (χ0v) is 15.2. The van der Waals surface area contributed by atoms with E-state index in [1.54, 1.807) is 0 Å². The Labute approximate surface area is 166 Å². The summed E-state index contributed by atoms with van der Waals surface area (Å²) in [7, 11) is 0. The maximum atomic E-state index is 14.5. The van der Waals surface area contributed by atoms with Crippen LogP contribution in [0.2, 0.25) is 10.0 Å². The fraction of sp³-hybridized carbons (Fsp3) is 0.0588. The number of nitrogens with one attached hydrogen (secondary N) is 2. The van der Waals surface area contributed by atoms with Gasteiger partial charge in [-0.05, 0) is 24.3 Å². The van der Waals surface area contributed by atoms with Gasteiger partial charge in [-0.25, -0.2) is 14.3 Å². The van der Waals surface area contributed by atoms with Crippen LogP contribution in [0.1, 0.15) is 5.56 Å². The molecule has 0 saturated carbocycles. The lowest BCUT2D eigenvalue weighted by atomic mass is 9.98. The van der Waals surface area contributed by atoms with Crippen LogP contribution < -0.4 is 5.48 Å². The molecule has 28 heavy (non-hydrogen) atoms. The van der Waals surface area contributed by atoms with Gasteiger partial charge in [-0.3, -0.25) is 15.1 Å². The van der Waals surface area contributed by atoms with E-state index in [-0.39, 0.29) is 38.1 Å². The number of aromatic amines is 1. The summed E-state index contributed by atoms with van der Waals surface area (Å²) in [6.45, 7) is 0. The van der Waals surface area contributed by atoms with Crippen LogP contribution in [-0.4, -0.2) is 31.5 Å². The highest BCUT2D eigenvalue weighted by molar-refractivity contribution is 6.32. The topological polar surface area (TPSA) is 118 Å². The minimum atomic E-state index is -1.10. The summed E-state index contributed by atoms with van der Waals surface area (Å²) in [6.07, 6.45) is -0.524. The van der Waals surface area contributed by atoms with Gasteiger partial charge in [-0.1, -0.05) is 23.2 Å². The van der Waals surface area contributed by atoms with Gasteiger partial charge >= 0.3 is 0 Å². The molecule has 11 heteroatoms. The van der Waals surface area contributed by atoms with Crippen LogP contribution in [0, 0.1) is 11.6 Å². The summed E-state index contributed by atoms with van der Waals surface area (Å²) in [4.78, 5) is 11.7. The summed E-state index contributed by atoms with van der Waals surface area (Å²) in [5.41, 5.74) is 0.816. The molecule has 3 aromatic rings. The van der Waals surface area contributed by atoms with E-state index in [0.29, 0.717) is 0 Å². The van der Waals surface area contributed by atoms with Crippen molar-refractivity contribution >= 4 is 29.1 Å². The monoisotopic (exact) mass is 429 g/mol. The highest BCUT2D eigenvalue weighted by Gasteiger charge is 2.25. The number of carbonyl (C=O) groups excluding carboxylic acids is 1. The molecule has 2 aromatic carbocycles. The number of hydroxylamine groups is 1. The SMILES string of the molecule is O=C(Cc1c(-c2ccc(Cl)c(O)c2F)n[nH]c1-c1ccc(Cl)c(O)c1F)NO. The quantitative estimate of drug-likeness (QED) is 0.319. The molecule has 0 fully saturated rings. The van der Waals surface area contributed by atoms with E-state index in [9.17, 15) is 23.8 Å². The van der Waals surface area contributed by atoms with E-state index >= 15 is 0 Å². The van der Waals surface area contributed by atoms with Crippen molar-refractivity contribution in [1.82, 2.24) is 15.7 Å². The molecule has 146 valence electrons. The molecule has 0 radical (unpaired) electrons. The first kappa shape index (κ1) is 19.9. The first-order chi connectivity index (χ1) is 13.3. The molecule has 3 rings (SSSR count). The molecular formula is C17H11Cl2F2N3O4. The van der Waals surface area contributed by atoms with Crippen molar-refractivity contribution in [3.63, 3.8) is 0 Å². The molecule has 5 N–H and O–H groups in total. The first-order valence-electron chi connectivity index (χ1n) is 7.61. The lowest BCUT2D eigenvalue weighted by molar-refractivity contribution is -0.128. The van der Waals surface area contributed by atoms with Crippen LogP contribution in [0.4, 0.5) is 8.78 Å². The standard InChI is InChI=1S/C17H11Cl2F2N3O4/c18-9-3-1-6(12(20)16(9)26)14-8(5-11(25)24-28)15(23-22-14)7-2-4-10(19)17(27)13(7)21/h1-4,26-28H,5H2,(H,22,23)(H,24,25). The lowest BCUT2D eigenvalue weighted by Gasteiger charge is -2.09. The molecule has 0 atom stereocenters. The minimum absolute atomic E-state index is 0.00667. The Morgan fingerprint density at radius 2 is 1.57 bits per heavy atom. The Kier molecular flexibility index (Phi) is 5.41. The number of halogens is 4. The summed E-state index contributed by atoms with van der Waals surface area (Å²) < 4.78 is 29.0. The maximum Gasteiger partial charge on any atom is 0.247 e. The van der Waals surface area contributed by atoms with Crippen LogP contribution in [0.15, 0.2) is 24.3 Å². The van der Waals surface area contributed by atoms with Gasteiger partial charge in [0.2, 0.25) is 5.91 Å². The van der Waals surface area contributed by atoms with Crippen LogP contribution in [0.5, 0.6) is 11.5 Å². The van der Waals surface area contributed by atoms with Crippen LogP contribution in [-0.2, 0) is 11.2 Å². The van der Waals surface area contributed by atoms with Crippen molar-refractivity contribution in [2.24, 2.45) is 0 Å². The molecule has 0 bridgehead atoms. The average Bonchev–Trinajstić information content (AvgIpc) is 3.07. The number of hydrogen-bond donors (Lipinski definition) is 5. The van der Waals surface area contributed by atoms with E-state index in [1.165, 1.54) is 29.7 Å². The Morgan fingerprint density at radius 3 is 2.14 bits per heavy atom. The molecule has 0 unspecified atom stereocenters. The number of aromatic hydroxyl groups is 2. The number of aromatic nitrogens is 2. The van der Waals surface area contributed by atoms with Crippen molar-refractivity contribution < 1.29 is 29.0 Å². The van der Waals surface area contributed by atoms with Crippen molar-refractivity contribution in [3.8, 4) is 34.0 Å². The van der Waals surface area contributed by atoms with Gasteiger partial charge in [0.05, 0.1) is 27.9 Å². The second-order valence-corrected chi connectivity index (χ2v) is 6.47. The highest BCUT2D eigenvalue weighted by Crippen LogP contribution is 2.40. The Bertz CT molecular complexity index is 1010. The third-order valence-corrected chi connectivity index (χ3v) is 4.60. The Hall–Kier alpha value is -2.88. The first-order valence-corrected chi connectivity index (χ1v) is 8.36. The second-order valence-electron chi connectivity index (χ2n) is 5.65. The molecule has 7 nitrogen and oxygen atoms in total. The van der Waals surface area contributed by atoms with E-state index < -0.39 is 35.5 Å². The summed E-state index contributed by atoms with van der Waals surface area (Å²) in [5.74, 6) is -4.72. The number of phenols is 2. The third kappa shape index (κ3) is 3.35. The number of phenolic OH excluding ortho intramolecular Hbond substituents is 2. The normalized spacial score (nSPS) is 10.9. The van der Waals surface area contributed by atoms with Crippen LogP contribution >= 0.6 is 23.2 Å². The van der Waals surface area contributed by atoms with Gasteiger partial charge in [0, 0.05) is 16.7 Å². The average molecular weight is 430 g/mol. The molecule has 0 saturated heterocycles. The predicted molar refractivity (Wildman–Crippen MR) is 96.4 cm³/mol. The maximum absolute atomic E-state index is 14.5. The fourth-order valence-electron chi connectivity index (χ4n) is 2.64. The number of hydrogen-bond acceptors (Lipinski definition) is 5. The van der Waals surface area contributed by atoms with Gasteiger partial charge in [-0.2, -0.15) is 5.10 Å². The van der Waals surface area contributed by atoms with Gasteiger partial charge in [0.15, 0.2) is 23.1 Å². The Morgan fingerprint density at radius 1 is 1.04 bits per heavy atom. The van der Waals surface area contributed by atoms with Crippen molar-refractivity contribution in [1.29, 1.82) is 0 Å². The minimum Gasteiger partial charge on any atom is -0.504 e. The van der Waals surface area contributed by atoms with Crippen LogP contribution in [0.25, 0.3) is 22.5 Å². The molecule has 1 amide bonds. The predicted octanol–water partition coefficient (Wildman–Crippen LogP) is 3.79. The van der Waals surface area contributed by atoms with E-state index in [4.69, 9.17) is 28.4 Å². The number of rotatable bonds is 4. The smallest absolute Gasteiger partial charge is 0.247 e.